The number of anilines is 1. The van der Waals surface area contributed by atoms with Crippen LogP contribution in [0.2, 0.25) is 0 Å². The first-order valence-electron chi connectivity index (χ1n) is 8.14. The maximum absolute atomic E-state index is 11.1. The number of nitrogens with two attached hydrogens (primary N) is 1. The molecule has 0 fully saturated rings. The molecule has 0 unspecified atom stereocenters. The molecule has 0 aliphatic rings. The standard InChI is InChI=1S/C12H10O3.C10H9N/c1-15-10-7-6-8-4-2-3-5-9(8)11(10)12(13)14;11-10-7-3-5-8-4-1-2-6-9(8)10/h2-7H,1H3,(H,13,14);1-7H,11H2. The van der Waals surface area contributed by atoms with Gasteiger partial charge in [-0.2, -0.15) is 0 Å². The highest BCUT2D eigenvalue weighted by Crippen LogP contribution is 2.27. The molecule has 0 bridgehead atoms. The summed E-state index contributed by atoms with van der Waals surface area (Å²) < 4.78 is 5.03. The van der Waals surface area contributed by atoms with Gasteiger partial charge in [-0.05, 0) is 28.3 Å². The van der Waals surface area contributed by atoms with Crippen LogP contribution in [0, 0.1) is 0 Å². The topological polar surface area (TPSA) is 72.5 Å². The number of carbonyl (C=O) groups is 1. The second-order valence-electron chi connectivity index (χ2n) is 5.74. The lowest BCUT2D eigenvalue weighted by Gasteiger charge is -2.07. The molecule has 4 aromatic carbocycles. The Morgan fingerprint density at radius 3 is 2.00 bits per heavy atom. The zero-order valence-corrected chi connectivity index (χ0v) is 14.3. The minimum Gasteiger partial charge on any atom is -0.496 e. The molecule has 0 aliphatic carbocycles. The maximum Gasteiger partial charge on any atom is 0.340 e. The van der Waals surface area contributed by atoms with Crippen LogP contribution in [-0.4, -0.2) is 18.2 Å². The molecule has 26 heavy (non-hydrogen) atoms. The smallest absolute Gasteiger partial charge is 0.340 e. The fourth-order valence-electron chi connectivity index (χ4n) is 2.89. The lowest BCUT2D eigenvalue weighted by atomic mass is 10.0. The first-order valence-corrected chi connectivity index (χ1v) is 8.14. The number of nitrogen functional groups attached to an aromatic ring is 1. The highest BCUT2D eigenvalue weighted by atomic mass is 16.5. The summed E-state index contributed by atoms with van der Waals surface area (Å²) in [6.07, 6.45) is 0. The number of fused-ring (bicyclic) bond motifs is 2. The molecule has 130 valence electrons. The minimum atomic E-state index is -0.969. The number of methoxy groups -OCH3 is 1. The van der Waals surface area contributed by atoms with Gasteiger partial charge >= 0.3 is 5.97 Å². The van der Waals surface area contributed by atoms with Crippen molar-refractivity contribution in [1.29, 1.82) is 0 Å². The Kier molecular flexibility index (Phi) is 5.04. The van der Waals surface area contributed by atoms with Crippen molar-refractivity contribution < 1.29 is 14.6 Å². The van der Waals surface area contributed by atoms with E-state index in [1.165, 1.54) is 12.5 Å². The third-order valence-corrected chi connectivity index (χ3v) is 4.15. The van der Waals surface area contributed by atoms with Crippen molar-refractivity contribution in [1.82, 2.24) is 0 Å². The molecular weight excluding hydrogens is 326 g/mol. The molecule has 4 rings (SSSR count). The van der Waals surface area contributed by atoms with Crippen LogP contribution in [-0.2, 0) is 0 Å². The van der Waals surface area contributed by atoms with Gasteiger partial charge in [-0.1, -0.05) is 66.7 Å². The van der Waals surface area contributed by atoms with E-state index in [4.69, 9.17) is 15.6 Å². The van der Waals surface area contributed by atoms with Crippen LogP contribution in [0.5, 0.6) is 5.75 Å². The fraction of sp³-hybridized carbons (Fsp3) is 0.0455. The fourth-order valence-corrected chi connectivity index (χ4v) is 2.89. The van der Waals surface area contributed by atoms with E-state index in [1.807, 2.05) is 54.6 Å². The predicted molar refractivity (Wildman–Crippen MR) is 106 cm³/mol. The summed E-state index contributed by atoms with van der Waals surface area (Å²) in [4.78, 5) is 11.1. The lowest BCUT2D eigenvalue weighted by molar-refractivity contribution is 0.0695. The van der Waals surface area contributed by atoms with Crippen LogP contribution in [0.1, 0.15) is 10.4 Å². The van der Waals surface area contributed by atoms with Crippen LogP contribution in [0.15, 0.2) is 78.9 Å². The van der Waals surface area contributed by atoms with E-state index in [0.717, 1.165) is 16.5 Å². The van der Waals surface area contributed by atoms with Crippen LogP contribution in [0.4, 0.5) is 5.69 Å². The minimum absolute atomic E-state index is 0.218. The highest BCUT2D eigenvalue weighted by Gasteiger charge is 2.14. The highest BCUT2D eigenvalue weighted by molar-refractivity contribution is 6.06. The summed E-state index contributed by atoms with van der Waals surface area (Å²) >= 11 is 0. The molecule has 4 heteroatoms. The number of aromatic carboxylic acids is 1. The van der Waals surface area contributed by atoms with Gasteiger partial charge in [0.05, 0.1) is 7.11 Å². The normalized spacial score (nSPS) is 10.2. The van der Waals surface area contributed by atoms with E-state index in [-0.39, 0.29) is 5.56 Å². The van der Waals surface area contributed by atoms with Crippen molar-refractivity contribution in [2.24, 2.45) is 0 Å². The Morgan fingerprint density at radius 1 is 0.808 bits per heavy atom. The molecule has 0 radical (unpaired) electrons. The van der Waals surface area contributed by atoms with E-state index >= 15 is 0 Å². The second kappa shape index (κ2) is 7.57. The number of carboxylic acid groups (broad SMARTS) is 1. The van der Waals surface area contributed by atoms with Crippen molar-refractivity contribution in [3.63, 3.8) is 0 Å². The molecule has 0 spiro atoms. The van der Waals surface area contributed by atoms with Crippen molar-refractivity contribution in [2.75, 3.05) is 12.8 Å². The van der Waals surface area contributed by atoms with Gasteiger partial charge in [0.2, 0.25) is 0 Å². The molecule has 0 saturated carbocycles. The van der Waals surface area contributed by atoms with Crippen LogP contribution >= 0.6 is 0 Å². The van der Waals surface area contributed by atoms with E-state index in [0.29, 0.717) is 11.1 Å². The van der Waals surface area contributed by atoms with Gasteiger partial charge in [0.15, 0.2) is 0 Å². The largest absolute Gasteiger partial charge is 0.496 e. The predicted octanol–water partition coefficient (Wildman–Crippen LogP) is 4.97. The summed E-state index contributed by atoms with van der Waals surface area (Å²) in [5, 5.41) is 13.0. The third-order valence-electron chi connectivity index (χ3n) is 4.15. The number of hydrogen-bond acceptors (Lipinski definition) is 3. The molecule has 0 aromatic heterocycles. The Morgan fingerprint density at radius 2 is 1.38 bits per heavy atom. The number of benzene rings is 4. The van der Waals surface area contributed by atoms with E-state index in [9.17, 15) is 4.79 Å². The summed E-state index contributed by atoms with van der Waals surface area (Å²) in [5.74, 6) is -0.579. The average molecular weight is 345 g/mol. The van der Waals surface area contributed by atoms with Crippen molar-refractivity contribution >= 4 is 33.2 Å². The summed E-state index contributed by atoms with van der Waals surface area (Å²) in [6, 6.07) is 24.9. The van der Waals surface area contributed by atoms with Crippen LogP contribution in [0.25, 0.3) is 21.5 Å². The molecule has 0 aliphatic heterocycles. The molecule has 4 nitrogen and oxygen atoms in total. The van der Waals surface area contributed by atoms with Gasteiger partial charge in [0.1, 0.15) is 11.3 Å². The molecular formula is C22H19NO3. The Labute approximate surface area is 151 Å². The van der Waals surface area contributed by atoms with E-state index in [1.54, 1.807) is 12.1 Å². The number of carboxylic acids is 1. The number of ether oxygens (including phenoxy) is 1. The maximum atomic E-state index is 11.1. The van der Waals surface area contributed by atoms with Crippen molar-refractivity contribution in [3.8, 4) is 5.75 Å². The first kappa shape index (κ1) is 17.3. The quantitative estimate of drug-likeness (QED) is 0.503. The second-order valence-corrected chi connectivity index (χ2v) is 5.74. The first-order chi connectivity index (χ1) is 12.6. The van der Waals surface area contributed by atoms with Gasteiger partial charge in [-0.3, -0.25) is 0 Å². The molecule has 4 aromatic rings. The number of hydrogen-bond donors (Lipinski definition) is 2. The lowest BCUT2D eigenvalue weighted by Crippen LogP contribution is -2.01. The Bertz CT molecular complexity index is 1070. The monoisotopic (exact) mass is 345 g/mol. The van der Waals surface area contributed by atoms with Gasteiger partial charge in [0, 0.05) is 11.1 Å². The molecule has 3 N–H and O–H groups in total. The zero-order valence-electron chi connectivity index (χ0n) is 14.3. The van der Waals surface area contributed by atoms with Gasteiger partial charge in [0.25, 0.3) is 0 Å². The van der Waals surface area contributed by atoms with Crippen LogP contribution in [0.3, 0.4) is 0 Å². The van der Waals surface area contributed by atoms with Crippen molar-refractivity contribution in [3.05, 3.63) is 84.4 Å². The van der Waals surface area contributed by atoms with Gasteiger partial charge in [-0.25, -0.2) is 4.79 Å². The summed E-state index contributed by atoms with van der Waals surface area (Å²) in [6.45, 7) is 0. The Balaban J connectivity index is 0.000000158. The van der Waals surface area contributed by atoms with Crippen molar-refractivity contribution in [2.45, 2.75) is 0 Å². The van der Waals surface area contributed by atoms with E-state index < -0.39 is 5.97 Å². The summed E-state index contributed by atoms with van der Waals surface area (Å²) in [5.41, 5.74) is 6.82. The molecule has 0 amide bonds. The summed E-state index contributed by atoms with van der Waals surface area (Å²) in [7, 11) is 1.47. The van der Waals surface area contributed by atoms with E-state index in [2.05, 4.69) is 12.1 Å². The molecule has 0 saturated heterocycles. The third kappa shape index (κ3) is 3.44. The number of rotatable bonds is 2. The molecule has 0 atom stereocenters. The van der Waals surface area contributed by atoms with Crippen LogP contribution < -0.4 is 10.5 Å². The van der Waals surface area contributed by atoms with Gasteiger partial charge < -0.3 is 15.6 Å². The zero-order chi connectivity index (χ0) is 18.5. The average Bonchev–Trinajstić information content (AvgIpc) is 2.68. The van der Waals surface area contributed by atoms with Gasteiger partial charge in [-0.15, -0.1) is 0 Å². The Hall–Kier alpha value is -3.53. The SMILES string of the molecule is COc1ccc2ccccc2c1C(=O)O.Nc1cccc2ccccc12. The molecule has 0 heterocycles.